The molecule has 0 fully saturated rings. The second-order valence-corrected chi connectivity index (χ2v) is 3.88. The number of rotatable bonds is 1. The highest BCUT2D eigenvalue weighted by Crippen LogP contribution is 2.18. The van der Waals surface area contributed by atoms with Crippen LogP contribution in [0.3, 0.4) is 0 Å². The Labute approximate surface area is 88.8 Å². The molecule has 0 unspecified atom stereocenters. The van der Waals surface area contributed by atoms with E-state index in [-0.39, 0.29) is 5.56 Å². The van der Waals surface area contributed by atoms with Crippen molar-refractivity contribution in [3.8, 4) is 0 Å². The van der Waals surface area contributed by atoms with Crippen molar-refractivity contribution < 1.29 is 10.2 Å². The molecule has 0 aliphatic carbocycles. The maximum absolute atomic E-state index is 11.3. The molecule has 1 rings (SSSR count). The summed E-state index contributed by atoms with van der Waals surface area (Å²) in [5.74, 6) is 0. The fourth-order valence-corrected chi connectivity index (χ4v) is 1.60. The number of aromatic amines is 1. The number of hydrogen-bond donors (Lipinski definition) is 3. The Hall–Kier alpha value is -0.400. The van der Waals surface area contributed by atoms with Gasteiger partial charge in [-0.05, 0) is 42.0 Å². The number of aromatic nitrogens is 1. The number of aliphatic hydroxyl groups excluding tert-OH is 1. The minimum absolute atomic E-state index is 0.0231. The van der Waals surface area contributed by atoms with Crippen LogP contribution in [0, 0.1) is 17.4 Å². The zero-order chi connectivity index (χ0) is 10.2. The highest BCUT2D eigenvalue weighted by molar-refractivity contribution is 14.1. The summed E-state index contributed by atoms with van der Waals surface area (Å²) in [4.78, 5) is 13.8. The summed E-state index contributed by atoms with van der Waals surface area (Å²) in [5.41, 5.74) is 0.949. The Kier molecular flexibility index (Phi) is 3.09. The molecule has 1 aromatic heterocycles. The molecular formula is C8H10INO3. The maximum Gasteiger partial charge on any atom is 0.256 e. The molecule has 0 radical (unpaired) electrons. The second-order valence-electron chi connectivity index (χ2n) is 2.81. The standard InChI is InChI=1S/C8H10INO3/c1-3-5(8(12)13)7(11)10-4(2)6(3)9/h8,12-13H,1-2H3,(H,10,11). The number of aliphatic hydroxyl groups is 2. The van der Waals surface area contributed by atoms with Crippen LogP contribution in [0.15, 0.2) is 4.79 Å². The lowest BCUT2D eigenvalue weighted by Crippen LogP contribution is -2.20. The average molecular weight is 295 g/mol. The lowest BCUT2D eigenvalue weighted by atomic mass is 10.1. The van der Waals surface area contributed by atoms with Crippen molar-refractivity contribution in [1.29, 1.82) is 0 Å². The molecule has 0 spiro atoms. The third kappa shape index (κ3) is 1.92. The van der Waals surface area contributed by atoms with Crippen LogP contribution in [0.5, 0.6) is 0 Å². The monoisotopic (exact) mass is 295 g/mol. The van der Waals surface area contributed by atoms with E-state index in [1.165, 1.54) is 0 Å². The van der Waals surface area contributed by atoms with E-state index in [0.717, 1.165) is 9.26 Å². The third-order valence-corrected chi connectivity index (χ3v) is 3.48. The summed E-state index contributed by atoms with van der Waals surface area (Å²) in [6.07, 6.45) is -1.71. The van der Waals surface area contributed by atoms with Crippen molar-refractivity contribution in [1.82, 2.24) is 4.98 Å². The zero-order valence-electron chi connectivity index (χ0n) is 7.26. The first-order valence-corrected chi connectivity index (χ1v) is 4.78. The minimum Gasteiger partial charge on any atom is -0.364 e. The van der Waals surface area contributed by atoms with Gasteiger partial charge in [0.15, 0.2) is 6.29 Å². The van der Waals surface area contributed by atoms with Crippen LogP contribution in [0.25, 0.3) is 0 Å². The van der Waals surface area contributed by atoms with E-state index in [1.54, 1.807) is 13.8 Å². The molecule has 0 saturated heterocycles. The maximum atomic E-state index is 11.3. The lowest BCUT2D eigenvalue weighted by Gasteiger charge is -2.10. The van der Waals surface area contributed by atoms with Crippen molar-refractivity contribution >= 4 is 22.6 Å². The van der Waals surface area contributed by atoms with Gasteiger partial charge >= 0.3 is 0 Å². The van der Waals surface area contributed by atoms with Gasteiger partial charge in [-0.3, -0.25) is 4.79 Å². The molecule has 0 aromatic carbocycles. The molecule has 4 nitrogen and oxygen atoms in total. The molecule has 0 aliphatic heterocycles. The van der Waals surface area contributed by atoms with E-state index >= 15 is 0 Å². The van der Waals surface area contributed by atoms with E-state index in [9.17, 15) is 4.79 Å². The number of halogens is 1. The molecule has 0 amide bonds. The molecule has 13 heavy (non-hydrogen) atoms. The van der Waals surface area contributed by atoms with Gasteiger partial charge in [-0.15, -0.1) is 0 Å². The molecule has 5 heteroatoms. The van der Waals surface area contributed by atoms with Crippen molar-refractivity contribution in [2.45, 2.75) is 20.1 Å². The van der Waals surface area contributed by atoms with Gasteiger partial charge in [0.2, 0.25) is 0 Å². The quantitative estimate of drug-likeness (QED) is 0.524. The number of hydrogen-bond acceptors (Lipinski definition) is 3. The Bertz CT molecular complexity index is 384. The fraction of sp³-hybridized carbons (Fsp3) is 0.375. The zero-order valence-corrected chi connectivity index (χ0v) is 9.42. The first-order chi connectivity index (χ1) is 5.95. The molecule has 0 aliphatic rings. The Morgan fingerprint density at radius 1 is 1.38 bits per heavy atom. The van der Waals surface area contributed by atoms with Gasteiger partial charge in [0.25, 0.3) is 5.56 Å². The molecular weight excluding hydrogens is 285 g/mol. The van der Waals surface area contributed by atoms with E-state index in [1.807, 2.05) is 0 Å². The normalized spacial score (nSPS) is 10.9. The number of pyridine rings is 1. The van der Waals surface area contributed by atoms with Gasteiger partial charge in [-0.25, -0.2) is 0 Å². The van der Waals surface area contributed by atoms with Crippen LogP contribution >= 0.6 is 22.6 Å². The van der Waals surface area contributed by atoms with Crippen LogP contribution in [-0.4, -0.2) is 15.2 Å². The van der Waals surface area contributed by atoms with Gasteiger partial charge in [0.1, 0.15) is 0 Å². The van der Waals surface area contributed by atoms with E-state index in [0.29, 0.717) is 5.56 Å². The summed E-state index contributed by atoms with van der Waals surface area (Å²) < 4.78 is 0.848. The summed E-state index contributed by atoms with van der Waals surface area (Å²) in [6.45, 7) is 3.46. The van der Waals surface area contributed by atoms with Gasteiger partial charge in [0, 0.05) is 9.26 Å². The SMILES string of the molecule is Cc1[nH]c(=O)c(C(O)O)c(C)c1I. The van der Waals surface area contributed by atoms with E-state index in [2.05, 4.69) is 27.6 Å². The van der Waals surface area contributed by atoms with Crippen LogP contribution in [0.1, 0.15) is 23.1 Å². The van der Waals surface area contributed by atoms with Gasteiger partial charge in [-0.1, -0.05) is 0 Å². The summed E-state index contributed by atoms with van der Waals surface area (Å²) in [7, 11) is 0. The van der Waals surface area contributed by atoms with Crippen LogP contribution in [-0.2, 0) is 0 Å². The smallest absolute Gasteiger partial charge is 0.256 e. The highest BCUT2D eigenvalue weighted by Gasteiger charge is 2.15. The predicted molar refractivity (Wildman–Crippen MR) is 56.4 cm³/mol. The van der Waals surface area contributed by atoms with Crippen molar-refractivity contribution in [2.24, 2.45) is 0 Å². The topological polar surface area (TPSA) is 73.3 Å². The van der Waals surface area contributed by atoms with Crippen molar-refractivity contribution in [2.75, 3.05) is 0 Å². The largest absolute Gasteiger partial charge is 0.364 e. The van der Waals surface area contributed by atoms with Crippen LogP contribution in [0.4, 0.5) is 0 Å². The van der Waals surface area contributed by atoms with Gasteiger partial charge in [-0.2, -0.15) is 0 Å². The van der Waals surface area contributed by atoms with Crippen molar-refractivity contribution in [3.05, 3.63) is 30.7 Å². The van der Waals surface area contributed by atoms with Crippen LogP contribution in [0.2, 0.25) is 0 Å². The molecule has 72 valence electrons. The average Bonchev–Trinajstić information content (AvgIpc) is 1.99. The first kappa shape index (κ1) is 10.7. The van der Waals surface area contributed by atoms with Crippen LogP contribution < -0.4 is 5.56 Å². The lowest BCUT2D eigenvalue weighted by molar-refractivity contribution is -0.0440. The van der Waals surface area contributed by atoms with Gasteiger partial charge in [0.05, 0.1) is 5.56 Å². The minimum atomic E-state index is -1.71. The second kappa shape index (κ2) is 3.77. The summed E-state index contributed by atoms with van der Waals surface area (Å²) in [5, 5.41) is 17.9. The highest BCUT2D eigenvalue weighted by atomic mass is 127. The predicted octanol–water partition coefficient (Wildman–Crippen LogP) is 0.580. The molecule has 1 aromatic rings. The molecule has 3 N–H and O–H groups in total. The number of nitrogens with one attached hydrogen (secondary N) is 1. The molecule has 1 heterocycles. The first-order valence-electron chi connectivity index (χ1n) is 3.70. The Morgan fingerprint density at radius 2 is 1.92 bits per heavy atom. The Morgan fingerprint density at radius 3 is 2.38 bits per heavy atom. The summed E-state index contributed by atoms with van der Waals surface area (Å²) >= 11 is 2.05. The molecule has 0 atom stereocenters. The summed E-state index contributed by atoms with van der Waals surface area (Å²) in [6, 6.07) is 0. The third-order valence-electron chi connectivity index (χ3n) is 1.87. The van der Waals surface area contributed by atoms with Crippen molar-refractivity contribution in [3.63, 3.8) is 0 Å². The molecule has 0 saturated carbocycles. The Balaban J connectivity index is 3.54. The van der Waals surface area contributed by atoms with Gasteiger partial charge < -0.3 is 15.2 Å². The van der Waals surface area contributed by atoms with E-state index < -0.39 is 11.8 Å². The number of H-pyrrole nitrogens is 1. The number of aryl methyl sites for hydroxylation is 1. The molecule has 0 bridgehead atoms. The van der Waals surface area contributed by atoms with E-state index in [4.69, 9.17) is 10.2 Å². The fourth-order valence-electron chi connectivity index (χ4n) is 1.17.